The molecule has 0 aliphatic carbocycles. The number of thiazole rings is 1. The molecule has 0 saturated heterocycles. The quantitative estimate of drug-likeness (QED) is 0.605. The number of nitrogens with one attached hydrogen (secondary N) is 1. The molecule has 0 atom stereocenters. The van der Waals surface area contributed by atoms with E-state index in [4.69, 9.17) is 0 Å². The minimum Gasteiger partial charge on any atom is -0.346 e. The number of aromatic nitrogens is 1. The lowest BCUT2D eigenvalue weighted by atomic mass is 10.8. The van der Waals surface area contributed by atoms with Gasteiger partial charge in [0.25, 0.3) is 5.24 Å². The summed E-state index contributed by atoms with van der Waals surface area (Å²) in [6.45, 7) is 0.665. The summed E-state index contributed by atoms with van der Waals surface area (Å²) < 4.78 is 0. The third-order valence-corrected chi connectivity index (χ3v) is 3.32. The van der Waals surface area contributed by atoms with Crippen molar-refractivity contribution < 1.29 is 4.79 Å². The van der Waals surface area contributed by atoms with Gasteiger partial charge < -0.3 is 5.32 Å². The molecule has 0 radical (unpaired) electrons. The fourth-order valence-corrected chi connectivity index (χ4v) is 2.39. The molecule has 0 unspecified atom stereocenters. The Hall–Kier alpha value is -0.200. The number of thiol groups is 1. The molecule has 1 aromatic rings. The first kappa shape index (κ1) is 10.9. The van der Waals surface area contributed by atoms with E-state index in [9.17, 15) is 4.79 Å². The molecular weight excluding hydrogens is 224 g/mol. The van der Waals surface area contributed by atoms with Gasteiger partial charge in [0.1, 0.15) is 5.01 Å². The Balaban J connectivity index is 1.99. The average Bonchev–Trinajstić information content (AvgIpc) is 2.55. The highest BCUT2D eigenvalue weighted by molar-refractivity contribution is 7.98. The van der Waals surface area contributed by atoms with Gasteiger partial charge in [0.05, 0.1) is 0 Å². The van der Waals surface area contributed by atoms with Crippen LogP contribution in [0.5, 0.6) is 0 Å². The summed E-state index contributed by atoms with van der Waals surface area (Å²) in [5.74, 6) is 1.81. The largest absolute Gasteiger partial charge is 0.346 e. The SMILES string of the molecule is O=C(S)NCCSCc1nccs1. The average molecular weight is 234 g/mol. The Morgan fingerprint density at radius 2 is 2.62 bits per heavy atom. The highest BCUT2D eigenvalue weighted by Crippen LogP contribution is 2.13. The van der Waals surface area contributed by atoms with Crippen LogP contribution in [0.25, 0.3) is 0 Å². The number of nitrogens with zero attached hydrogens (tertiary/aromatic N) is 1. The summed E-state index contributed by atoms with van der Waals surface area (Å²) in [5, 5.41) is 5.44. The molecule has 72 valence electrons. The van der Waals surface area contributed by atoms with E-state index in [2.05, 4.69) is 22.9 Å². The van der Waals surface area contributed by atoms with Gasteiger partial charge in [-0.3, -0.25) is 4.79 Å². The van der Waals surface area contributed by atoms with Gasteiger partial charge in [0, 0.05) is 29.6 Å². The summed E-state index contributed by atoms with van der Waals surface area (Å²) in [7, 11) is 0. The topological polar surface area (TPSA) is 42.0 Å². The van der Waals surface area contributed by atoms with Crippen molar-refractivity contribution in [2.24, 2.45) is 0 Å². The van der Waals surface area contributed by atoms with Gasteiger partial charge in [-0.25, -0.2) is 4.98 Å². The number of rotatable bonds is 5. The van der Waals surface area contributed by atoms with E-state index in [0.29, 0.717) is 6.54 Å². The molecule has 1 rings (SSSR count). The van der Waals surface area contributed by atoms with Crippen LogP contribution in [0.2, 0.25) is 0 Å². The second-order valence-corrected chi connectivity index (χ2v) is 4.70. The molecule has 13 heavy (non-hydrogen) atoms. The van der Waals surface area contributed by atoms with Gasteiger partial charge in [-0.2, -0.15) is 11.8 Å². The predicted molar refractivity (Wildman–Crippen MR) is 60.7 cm³/mol. The zero-order valence-electron chi connectivity index (χ0n) is 6.90. The van der Waals surface area contributed by atoms with Crippen LogP contribution in [-0.2, 0) is 5.75 Å². The second kappa shape index (κ2) is 6.28. The third-order valence-electron chi connectivity index (χ3n) is 1.23. The van der Waals surface area contributed by atoms with Gasteiger partial charge in [-0.05, 0) is 0 Å². The Morgan fingerprint density at radius 1 is 1.77 bits per heavy atom. The molecule has 0 saturated carbocycles. The van der Waals surface area contributed by atoms with Crippen LogP contribution in [-0.4, -0.2) is 22.5 Å². The lowest BCUT2D eigenvalue weighted by molar-refractivity contribution is 0.261. The van der Waals surface area contributed by atoms with Gasteiger partial charge in [0.2, 0.25) is 0 Å². The van der Waals surface area contributed by atoms with E-state index in [1.54, 1.807) is 29.3 Å². The van der Waals surface area contributed by atoms with Crippen molar-refractivity contribution >= 4 is 41.0 Å². The lowest BCUT2D eigenvalue weighted by Crippen LogP contribution is -2.19. The molecular formula is C7H10N2OS3. The first-order valence-electron chi connectivity index (χ1n) is 3.72. The van der Waals surface area contributed by atoms with Crippen LogP contribution in [0.1, 0.15) is 5.01 Å². The molecule has 0 aromatic carbocycles. The maximum atomic E-state index is 10.4. The minimum absolute atomic E-state index is 0.269. The number of hydrogen-bond acceptors (Lipinski definition) is 4. The van der Waals surface area contributed by atoms with Crippen molar-refractivity contribution in [1.29, 1.82) is 0 Å². The fourth-order valence-electron chi connectivity index (χ4n) is 0.714. The van der Waals surface area contributed by atoms with Crippen LogP contribution < -0.4 is 5.32 Å². The van der Waals surface area contributed by atoms with Crippen LogP contribution in [0, 0.1) is 0 Å². The molecule has 0 fully saturated rings. The molecule has 3 nitrogen and oxygen atoms in total. The van der Waals surface area contributed by atoms with E-state index < -0.39 is 0 Å². The summed E-state index contributed by atoms with van der Waals surface area (Å²) in [5.41, 5.74) is 0. The molecule has 0 bridgehead atoms. The normalized spacial score (nSPS) is 9.92. The van der Waals surface area contributed by atoms with Crippen LogP contribution >= 0.6 is 35.7 Å². The molecule has 1 amide bonds. The Bertz CT molecular complexity index is 250. The predicted octanol–water partition coefficient (Wildman–Crippen LogP) is 2.02. The van der Waals surface area contributed by atoms with Gasteiger partial charge in [-0.15, -0.1) is 11.3 Å². The number of carbonyl (C=O) groups is 1. The number of hydrogen-bond donors (Lipinski definition) is 2. The minimum atomic E-state index is -0.269. The maximum absolute atomic E-state index is 10.4. The number of carbonyl (C=O) groups excluding carboxylic acids is 1. The number of thioether (sulfide) groups is 1. The van der Waals surface area contributed by atoms with E-state index in [1.165, 1.54) is 0 Å². The summed E-state index contributed by atoms with van der Waals surface area (Å²) in [6, 6.07) is 0. The molecule has 1 heterocycles. The summed E-state index contributed by atoms with van der Waals surface area (Å²) in [6.07, 6.45) is 1.80. The van der Waals surface area contributed by atoms with Crippen LogP contribution in [0.3, 0.4) is 0 Å². The van der Waals surface area contributed by atoms with Crippen LogP contribution in [0.4, 0.5) is 4.79 Å². The first-order chi connectivity index (χ1) is 6.29. The third kappa shape index (κ3) is 5.17. The molecule has 1 N–H and O–H groups in total. The standard InChI is InChI=1S/C7H10N2OS3/c10-7(11)9-1-3-12-5-6-8-2-4-13-6/h2,4H,1,3,5H2,(H2,9,10,11). The van der Waals surface area contributed by atoms with E-state index >= 15 is 0 Å². The van der Waals surface area contributed by atoms with Crippen molar-refractivity contribution in [2.75, 3.05) is 12.3 Å². The van der Waals surface area contributed by atoms with Crippen molar-refractivity contribution in [1.82, 2.24) is 10.3 Å². The second-order valence-electron chi connectivity index (χ2n) is 2.21. The van der Waals surface area contributed by atoms with Crippen molar-refractivity contribution in [3.8, 4) is 0 Å². The Labute approximate surface area is 90.7 Å². The Morgan fingerprint density at radius 3 is 3.23 bits per heavy atom. The molecule has 0 aliphatic heterocycles. The van der Waals surface area contributed by atoms with E-state index in [-0.39, 0.29) is 5.24 Å². The molecule has 0 aliphatic rings. The monoisotopic (exact) mass is 234 g/mol. The van der Waals surface area contributed by atoms with Crippen LogP contribution in [0.15, 0.2) is 11.6 Å². The van der Waals surface area contributed by atoms with Gasteiger partial charge in [-0.1, -0.05) is 12.6 Å². The van der Waals surface area contributed by atoms with Crippen molar-refractivity contribution in [3.05, 3.63) is 16.6 Å². The Kier molecular flexibility index (Phi) is 5.26. The fraction of sp³-hybridized carbons (Fsp3) is 0.429. The van der Waals surface area contributed by atoms with Gasteiger partial charge in [0.15, 0.2) is 0 Å². The summed E-state index contributed by atoms with van der Waals surface area (Å²) in [4.78, 5) is 14.5. The van der Waals surface area contributed by atoms with E-state index in [1.807, 2.05) is 5.38 Å². The molecule has 0 spiro atoms. The molecule has 1 aromatic heterocycles. The summed E-state index contributed by atoms with van der Waals surface area (Å²) >= 11 is 7.00. The van der Waals surface area contributed by atoms with Gasteiger partial charge >= 0.3 is 0 Å². The van der Waals surface area contributed by atoms with E-state index in [0.717, 1.165) is 16.5 Å². The zero-order chi connectivity index (χ0) is 9.52. The first-order valence-corrected chi connectivity index (χ1v) is 6.20. The maximum Gasteiger partial charge on any atom is 0.276 e. The molecule has 6 heteroatoms. The number of amides is 1. The highest BCUT2D eigenvalue weighted by Gasteiger charge is 1.96. The zero-order valence-corrected chi connectivity index (χ0v) is 9.42. The van der Waals surface area contributed by atoms with Crippen molar-refractivity contribution in [3.63, 3.8) is 0 Å². The smallest absolute Gasteiger partial charge is 0.276 e. The highest BCUT2D eigenvalue weighted by atomic mass is 32.2. The lowest BCUT2D eigenvalue weighted by Gasteiger charge is -1.99. The van der Waals surface area contributed by atoms with Crippen molar-refractivity contribution in [2.45, 2.75) is 5.75 Å².